The van der Waals surface area contributed by atoms with Gasteiger partial charge in [0.25, 0.3) is 0 Å². The second-order valence-electron chi connectivity index (χ2n) is 5.93. The van der Waals surface area contributed by atoms with Gasteiger partial charge in [-0.15, -0.1) is 10.2 Å². The molecule has 4 rings (SSSR count). The van der Waals surface area contributed by atoms with E-state index in [2.05, 4.69) is 25.4 Å². The van der Waals surface area contributed by atoms with E-state index in [9.17, 15) is 5.11 Å². The van der Waals surface area contributed by atoms with Crippen LogP contribution in [0.2, 0.25) is 5.02 Å². The van der Waals surface area contributed by atoms with Crippen LogP contribution in [0.3, 0.4) is 0 Å². The summed E-state index contributed by atoms with van der Waals surface area (Å²) in [6.07, 6.45) is 0.381. The Hall–Kier alpha value is -2.58. The lowest BCUT2D eigenvalue weighted by Crippen LogP contribution is -2.22. The van der Waals surface area contributed by atoms with Crippen molar-refractivity contribution < 1.29 is 5.11 Å². The van der Waals surface area contributed by atoms with Crippen molar-refractivity contribution in [1.82, 2.24) is 30.2 Å². The highest BCUT2D eigenvalue weighted by atomic mass is 35.5. The number of hydrogen-bond acceptors (Lipinski definition) is 7. The molecule has 0 spiro atoms. The molecule has 0 saturated carbocycles. The monoisotopic (exact) mass is 357 g/mol. The van der Waals surface area contributed by atoms with E-state index >= 15 is 0 Å². The summed E-state index contributed by atoms with van der Waals surface area (Å²) in [6.45, 7) is 1.29. The van der Waals surface area contributed by atoms with E-state index in [1.54, 1.807) is 7.05 Å². The molecule has 3 aromatic rings. The van der Waals surface area contributed by atoms with Crippen LogP contribution in [0, 0.1) is 0 Å². The summed E-state index contributed by atoms with van der Waals surface area (Å²) < 4.78 is 0. The van der Waals surface area contributed by atoms with Gasteiger partial charge in [-0.25, -0.2) is 9.97 Å². The summed E-state index contributed by atoms with van der Waals surface area (Å²) in [4.78, 5) is 12.6. The molecule has 2 aromatic heterocycles. The average Bonchev–Trinajstić information content (AvgIpc) is 3.24. The van der Waals surface area contributed by atoms with Gasteiger partial charge in [0.1, 0.15) is 5.82 Å². The fourth-order valence-corrected chi connectivity index (χ4v) is 2.91. The van der Waals surface area contributed by atoms with E-state index in [4.69, 9.17) is 11.6 Å². The third kappa shape index (κ3) is 3.31. The molecule has 1 aromatic carbocycles. The highest BCUT2D eigenvalue weighted by Gasteiger charge is 2.23. The molecule has 1 aliphatic heterocycles. The minimum atomic E-state index is -0.341. The topological polar surface area (TPSA) is 92.9 Å². The van der Waals surface area contributed by atoms with Crippen LogP contribution in [0.5, 0.6) is 0 Å². The zero-order valence-electron chi connectivity index (χ0n) is 13.5. The lowest BCUT2D eigenvalue weighted by molar-refractivity contribution is 0.198. The predicted octanol–water partition coefficient (Wildman–Crippen LogP) is 1.56. The molecule has 0 unspecified atom stereocenters. The van der Waals surface area contributed by atoms with Gasteiger partial charge in [-0.1, -0.05) is 23.7 Å². The number of anilines is 1. The van der Waals surface area contributed by atoms with Crippen LogP contribution in [0.4, 0.5) is 5.82 Å². The standard InChI is InChI=1S/C16H16ClN7O/c1-23-21-16(20-22-23)15-18-13(10-2-4-11(17)5-3-10)8-14(19-15)24-7-6-12(25)9-24/h2-5,8,12,25H,6-7,9H2,1H3/t12-/m0/s1. The molecule has 1 aliphatic rings. The van der Waals surface area contributed by atoms with Crippen LogP contribution in [0.25, 0.3) is 22.9 Å². The lowest BCUT2D eigenvalue weighted by atomic mass is 10.1. The van der Waals surface area contributed by atoms with Crippen molar-refractivity contribution in [3.63, 3.8) is 0 Å². The molecule has 0 amide bonds. The van der Waals surface area contributed by atoms with Crippen molar-refractivity contribution in [3.05, 3.63) is 35.4 Å². The van der Waals surface area contributed by atoms with Gasteiger partial charge < -0.3 is 10.0 Å². The van der Waals surface area contributed by atoms with E-state index < -0.39 is 0 Å². The van der Waals surface area contributed by atoms with Gasteiger partial charge in [0, 0.05) is 29.7 Å². The first-order valence-electron chi connectivity index (χ1n) is 7.91. The van der Waals surface area contributed by atoms with Crippen molar-refractivity contribution in [3.8, 4) is 22.9 Å². The summed E-state index contributed by atoms with van der Waals surface area (Å²) >= 11 is 5.98. The molecule has 0 bridgehead atoms. The first-order valence-corrected chi connectivity index (χ1v) is 8.29. The number of aliphatic hydroxyl groups is 1. The van der Waals surface area contributed by atoms with E-state index in [0.29, 0.717) is 23.2 Å². The van der Waals surface area contributed by atoms with Gasteiger partial charge in [-0.05, 0) is 23.8 Å². The number of halogens is 1. The first kappa shape index (κ1) is 15.9. The first-order chi connectivity index (χ1) is 12.1. The molecular formula is C16H16ClN7O. The van der Waals surface area contributed by atoms with Crippen molar-refractivity contribution >= 4 is 17.4 Å². The number of rotatable bonds is 3. The summed E-state index contributed by atoms with van der Waals surface area (Å²) in [5.41, 5.74) is 1.66. The molecule has 8 nitrogen and oxygen atoms in total. The van der Waals surface area contributed by atoms with Gasteiger partial charge in [-0.2, -0.15) is 4.80 Å². The van der Waals surface area contributed by atoms with Crippen molar-refractivity contribution in [2.45, 2.75) is 12.5 Å². The summed E-state index contributed by atoms with van der Waals surface area (Å²) in [6, 6.07) is 9.35. The Morgan fingerprint density at radius 3 is 2.60 bits per heavy atom. The molecule has 1 saturated heterocycles. The number of aryl methyl sites for hydroxylation is 1. The van der Waals surface area contributed by atoms with E-state index in [1.165, 1.54) is 4.80 Å². The van der Waals surface area contributed by atoms with Crippen LogP contribution in [-0.4, -0.2) is 54.5 Å². The Kier molecular flexibility index (Phi) is 4.06. The molecule has 9 heteroatoms. The number of hydrogen-bond donors (Lipinski definition) is 1. The second-order valence-corrected chi connectivity index (χ2v) is 6.37. The highest BCUT2D eigenvalue weighted by Crippen LogP contribution is 2.27. The Morgan fingerprint density at radius 1 is 1.16 bits per heavy atom. The number of aromatic nitrogens is 6. The van der Waals surface area contributed by atoms with Crippen LogP contribution >= 0.6 is 11.6 Å². The van der Waals surface area contributed by atoms with E-state index in [-0.39, 0.29) is 6.10 Å². The SMILES string of the molecule is Cn1nnc(-c2nc(-c3ccc(Cl)cc3)cc(N3CC[C@H](O)C3)n2)n1. The largest absolute Gasteiger partial charge is 0.391 e. The number of aliphatic hydroxyl groups excluding tert-OH is 1. The van der Waals surface area contributed by atoms with Crippen molar-refractivity contribution in [2.75, 3.05) is 18.0 Å². The maximum absolute atomic E-state index is 9.83. The maximum Gasteiger partial charge on any atom is 0.242 e. The fraction of sp³-hybridized carbons (Fsp3) is 0.312. The third-order valence-corrected chi connectivity index (χ3v) is 4.30. The van der Waals surface area contributed by atoms with E-state index in [0.717, 1.165) is 30.0 Å². The molecule has 128 valence electrons. The normalized spacial score (nSPS) is 17.2. The molecule has 0 radical (unpaired) electrons. The molecule has 1 atom stereocenters. The Labute approximate surface area is 149 Å². The summed E-state index contributed by atoms with van der Waals surface area (Å²) in [5.74, 6) is 1.50. The molecule has 1 N–H and O–H groups in total. The Balaban J connectivity index is 1.81. The minimum absolute atomic E-state index is 0.341. The summed E-state index contributed by atoms with van der Waals surface area (Å²) in [5, 5.41) is 22.5. The van der Waals surface area contributed by atoms with Crippen molar-refractivity contribution in [2.24, 2.45) is 7.05 Å². The zero-order chi connectivity index (χ0) is 17.4. The Morgan fingerprint density at radius 2 is 1.96 bits per heavy atom. The van der Waals surface area contributed by atoms with Gasteiger partial charge in [-0.3, -0.25) is 0 Å². The van der Waals surface area contributed by atoms with Crippen LogP contribution in [0.1, 0.15) is 6.42 Å². The molecular weight excluding hydrogens is 342 g/mol. The molecule has 0 aliphatic carbocycles. The number of β-amino-alcohol motifs (C(OH)–C–C–N with tert-alkyl or cyclic N) is 1. The average molecular weight is 358 g/mol. The smallest absolute Gasteiger partial charge is 0.242 e. The molecule has 1 fully saturated rings. The van der Waals surface area contributed by atoms with Gasteiger partial charge >= 0.3 is 0 Å². The lowest BCUT2D eigenvalue weighted by Gasteiger charge is -2.18. The maximum atomic E-state index is 9.83. The van der Waals surface area contributed by atoms with Gasteiger partial charge in [0.15, 0.2) is 0 Å². The zero-order valence-corrected chi connectivity index (χ0v) is 14.3. The van der Waals surface area contributed by atoms with Crippen LogP contribution in [-0.2, 0) is 7.05 Å². The van der Waals surface area contributed by atoms with Crippen LogP contribution < -0.4 is 4.90 Å². The number of nitrogens with zero attached hydrogens (tertiary/aromatic N) is 7. The second kappa shape index (κ2) is 6.38. The quantitative estimate of drug-likeness (QED) is 0.760. The van der Waals surface area contributed by atoms with E-state index in [1.807, 2.05) is 35.2 Å². The number of benzene rings is 1. The van der Waals surface area contributed by atoms with Gasteiger partial charge in [0.2, 0.25) is 11.6 Å². The highest BCUT2D eigenvalue weighted by molar-refractivity contribution is 6.30. The summed E-state index contributed by atoms with van der Waals surface area (Å²) in [7, 11) is 1.69. The van der Waals surface area contributed by atoms with Gasteiger partial charge in [0.05, 0.1) is 18.8 Å². The molecule has 3 heterocycles. The third-order valence-electron chi connectivity index (χ3n) is 4.05. The Bertz CT molecular complexity index is 896. The fourth-order valence-electron chi connectivity index (χ4n) is 2.79. The number of tetrazole rings is 1. The predicted molar refractivity (Wildman–Crippen MR) is 93.1 cm³/mol. The minimum Gasteiger partial charge on any atom is -0.391 e. The molecule has 25 heavy (non-hydrogen) atoms. The van der Waals surface area contributed by atoms with Crippen molar-refractivity contribution in [1.29, 1.82) is 0 Å². The van der Waals surface area contributed by atoms with Crippen LogP contribution in [0.15, 0.2) is 30.3 Å².